The minimum absolute atomic E-state index is 0.502. The molecule has 0 bridgehead atoms. The highest BCUT2D eigenvalue weighted by molar-refractivity contribution is 5.64. The van der Waals surface area contributed by atoms with Crippen LogP contribution in [0.4, 0.5) is 13.2 Å². The molecule has 3 nitrogen and oxygen atoms in total. The first-order chi connectivity index (χ1) is 10.9. The highest BCUT2D eigenvalue weighted by atomic mass is 19.4. The van der Waals surface area contributed by atoms with E-state index in [1.54, 1.807) is 0 Å². The first-order valence-corrected chi connectivity index (χ1v) is 7.57. The molecule has 0 N–H and O–H groups in total. The van der Waals surface area contributed by atoms with Crippen molar-refractivity contribution in [2.75, 3.05) is 6.61 Å². The highest BCUT2D eigenvalue weighted by Gasteiger charge is 2.30. The predicted octanol–water partition coefficient (Wildman–Crippen LogP) is 4.65. The summed E-state index contributed by atoms with van der Waals surface area (Å²) in [5.74, 6) is 1.08. The smallest absolute Gasteiger partial charge is 0.416 e. The molecule has 6 heteroatoms. The van der Waals surface area contributed by atoms with E-state index in [2.05, 4.69) is 9.97 Å². The lowest BCUT2D eigenvalue weighted by atomic mass is 9.86. The largest absolute Gasteiger partial charge is 0.477 e. The molecule has 0 saturated heterocycles. The summed E-state index contributed by atoms with van der Waals surface area (Å²) in [6.07, 6.45) is 0.645. The number of hydrogen-bond acceptors (Lipinski definition) is 3. The molecule has 1 aromatic heterocycles. The van der Waals surface area contributed by atoms with Gasteiger partial charge in [-0.15, -0.1) is 0 Å². The van der Waals surface area contributed by atoms with E-state index in [1.165, 1.54) is 37.7 Å². The molecule has 2 aromatic rings. The summed E-state index contributed by atoms with van der Waals surface area (Å²) in [5, 5.41) is 0. The van der Waals surface area contributed by atoms with Crippen LogP contribution in [-0.4, -0.2) is 16.6 Å². The summed E-state index contributed by atoms with van der Waals surface area (Å²) in [6.45, 7) is 2.45. The van der Waals surface area contributed by atoms with E-state index in [1.807, 2.05) is 6.92 Å². The van der Waals surface area contributed by atoms with Gasteiger partial charge >= 0.3 is 6.18 Å². The Morgan fingerprint density at radius 1 is 1.13 bits per heavy atom. The van der Waals surface area contributed by atoms with Crippen LogP contribution in [-0.2, 0) is 6.18 Å². The van der Waals surface area contributed by atoms with Gasteiger partial charge in [0.2, 0.25) is 5.88 Å². The zero-order chi connectivity index (χ0) is 16.4. The Hall–Kier alpha value is -2.11. The van der Waals surface area contributed by atoms with Crippen LogP contribution in [0.25, 0.3) is 11.3 Å². The number of aromatic nitrogens is 2. The maximum atomic E-state index is 12.6. The van der Waals surface area contributed by atoms with Gasteiger partial charge in [0.15, 0.2) is 0 Å². The zero-order valence-corrected chi connectivity index (χ0v) is 12.7. The van der Waals surface area contributed by atoms with Crippen molar-refractivity contribution in [1.82, 2.24) is 9.97 Å². The van der Waals surface area contributed by atoms with E-state index in [9.17, 15) is 13.2 Å². The van der Waals surface area contributed by atoms with Gasteiger partial charge in [-0.25, -0.2) is 9.97 Å². The van der Waals surface area contributed by atoms with Crippen LogP contribution in [0, 0.1) is 12.8 Å². The summed E-state index contributed by atoms with van der Waals surface area (Å²) in [6, 6.07) is 4.97. The molecule has 1 aromatic carbocycles. The van der Waals surface area contributed by atoms with Crippen LogP contribution in [0.3, 0.4) is 0 Å². The Labute approximate surface area is 132 Å². The lowest BCUT2D eigenvalue weighted by Gasteiger charge is -2.25. The molecule has 23 heavy (non-hydrogen) atoms. The predicted molar refractivity (Wildman–Crippen MR) is 80.0 cm³/mol. The Bertz CT molecular complexity index is 679. The minimum Gasteiger partial charge on any atom is -0.477 e. The molecule has 3 rings (SSSR count). The van der Waals surface area contributed by atoms with Gasteiger partial charge in [0, 0.05) is 11.1 Å². The van der Waals surface area contributed by atoms with Crippen LogP contribution >= 0.6 is 0 Å². The molecule has 1 saturated carbocycles. The van der Waals surface area contributed by atoms with Crippen molar-refractivity contribution in [2.24, 2.45) is 5.92 Å². The van der Waals surface area contributed by atoms with Gasteiger partial charge in [-0.05, 0) is 37.8 Å². The third-order valence-corrected chi connectivity index (χ3v) is 4.20. The SMILES string of the molecule is Cc1c(OCC2CCC2)ncnc1-c1ccc(C(F)(F)F)cc1. The van der Waals surface area contributed by atoms with Crippen LogP contribution < -0.4 is 4.74 Å². The number of hydrogen-bond donors (Lipinski definition) is 0. The lowest BCUT2D eigenvalue weighted by Crippen LogP contribution is -2.20. The summed E-state index contributed by atoms with van der Waals surface area (Å²) in [4.78, 5) is 8.33. The maximum Gasteiger partial charge on any atom is 0.416 e. The fourth-order valence-electron chi connectivity index (χ4n) is 2.54. The molecule has 0 amide bonds. The van der Waals surface area contributed by atoms with Crippen molar-refractivity contribution in [1.29, 1.82) is 0 Å². The molecule has 0 atom stereocenters. The second-order valence-corrected chi connectivity index (χ2v) is 5.84. The van der Waals surface area contributed by atoms with E-state index in [0.717, 1.165) is 17.7 Å². The van der Waals surface area contributed by atoms with Crippen molar-refractivity contribution in [3.05, 3.63) is 41.7 Å². The Kier molecular flexibility index (Phi) is 4.24. The van der Waals surface area contributed by atoms with Crippen molar-refractivity contribution in [2.45, 2.75) is 32.4 Å². The number of nitrogens with zero attached hydrogens (tertiary/aromatic N) is 2. The van der Waals surface area contributed by atoms with E-state index < -0.39 is 11.7 Å². The van der Waals surface area contributed by atoms with Crippen LogP contribution in [0.1, 0.15) is 30.4 Å². The second kappa shape index (κ2) is 6.18. The lowest BCUT2D eigenvalue weighted by molar-refractivity contribution is -0.137. The molecular weight excluding hydrogens is 305 g/mol. The number of rotatable bonds is 4. The first-order valence-electron chi connectivity index (χ1n) is 7.57. The molecule has 1 heterocycles. The first kappa shape index (κ1) is 15.8. The van der Waals surface area contributed by atoms with E-state index in [0.29, 0.717) is 29.7 Å². The van der Waals surface area contributed by atoms with Gasteiger partial charge in [0.25, 0.3) is 0 Å². The second-order valence-electron chi connectivity index (χ2n) is 5.84. The fourth-order valence-corrected chi connectivity index (χ4v) is 2.54. The van der Waals surface area contributed by atoms with E-state index in [-0.39, 0.29) is 0 Å². The Morgan fingerprint density at radius 3 is 2.39 bits per heavy atom. The maximum absolute atomic E-state index is 12.6. The number of benzene rings is 1. The number of alkyl halides is 3. The van der Waals surface area contributed by atoms with Crippen LogP contribution in [0.2, 0.25) is 0 Å². The van der Waals surface area contributed by atoms with Crippen LogP contribution in [0.15, 0.2) is 30.6 Å². The van der Waals surface area contributed by atoms with Gasteiger partial charge < -0.3 is 4.74 Å². The molecule has 1 aliphatic rings. The third kappa shape index (κ3) is 3.46. The quantitative estimate of drug-likeness (QED) is 0.822. The zero-order valence-electron chi connectivity index (χ0n) is 12.7. The summed E-state index contributed by atoms with van der Waals surface area (Å²) < 4.78 is 43.7. The molecule has 0 radical (unpaired) electrons. The average Bonchev–Trinajstić information content (AvgIpc) is 2.47. The molecular formula is C17H17F3N2O. The summed E-state index contributed by atoms with van der Waals surface area (Å²) in [5.41, 5.74) is 1.28. The highest BCUT2D eigenvalue weighted by Crippen LogP contribution is 2.33. The standard InChI is InChI=1S/C17H17F3N2O/c1-11-15(13-5-7-14(8-6-13)17(18,19)20)21-10-22-16(11)23-9-12-3-2-4-12/h5-8,10,12H,2-4,9H2,1H3. The fraction of sp³-hybridized carbons (Fsp3) is 0.412. The van der Waals surface area contributed by atoms with Crippen molar-refractivity contribution in [3.63, 3.8) is 0 Å². The molecule has 0 spiro atoms. The average molecular weight is 322 g/mol. The van der Waals surface area contributed by atoms with Gasteiger partial charge in [-0.3, -0.25) is 0 Å². The Morgan fingerprint density at radius 2 is 1.83 bits per heavy atom. The van der Waals surface area contributed by atoms with E-state index >= 15 is 0 Å². The van der Waals surface area contributed by atoms with E-state index in [4.69, 9.17) is 4.74 Å². The summed E-state index contributed by atoms with van der Waals surface area (Å²) in [7, 11) is 0. The minimum atomic E-state index is -4.34. The van der Waals surface area contributed by atoms with Gasteiger partial charge in [0.1, 0.15) is 6.33 Å². The molecule has 0 aliphatic heterocycles. The topological polar surface area (TPSA) is 35.0 Å². The Balaban J connectivity index is 1.81. The van der Waals surface area contributed by atoms with Crippen molar-refractivity contribution in [3.8, 4) is 17.1 Å². The van der Waals surface area contributed by atoms with Crippen LogP contribution in [0.5, 0.6) is 5.88 Å². The molecule has 1 fully saturated rings. The summed E-state index contributed by atoms with van der Waals surface area (Å²) >= 11 is 0. The number of ether oxygens (including phenoxy) is 1. The van der Waals surface area contributed by atoms with Gasteiger partial charge in [-0.2, -0.15) is 13.2 Å². The monoisotopic (exact) mass is 322 g/mol. The third-order valence-electron chi connectivity index (χ3n) is 4.20. The van der Waals surface area contributed by atoms with Crippen molar-refractivity contribution < 1.29 is 17.9 Å². The van der Waals surface area contributed by atoms with Crippen molar-refractivity contribution >= 4 is 0 Å². The molecule has 1 aliphatic carbocycles. The van der Waals surface area contributed by atoms with Gasteiger partial charge in [0.05, 0.1) is 17.9 Å². The van der Waals surface area contributed by atoms with Gasteiger partial charge in [-0.1, -0.05) is 18.6 Å². The molecule has 122 valence electrons. The number of halogens is 3. The molecule has 0 unspecified atom stereocenters. The normalized spacial score (nSPS) is 15.3.